The fourth-order valence-electron chi connectivity index (χ4n) is 3.37. The Morgan fingerprint density at radius 3 is 2.30 bits per heavy atom. The number of rotatable bonds is 8. The van der Waals surface area contributed by atoms with Gasteiger partial charge in [0.05, 0.1) is 36.1 Å². The molecule has 0 radical (unpaired) electrons. The molecule has 30 heavy (non-hydrogen) atoms. The first-order valence-corrected chi connectivity index (χ1v) is 13.0. The highest BCUT2D eigenvalue weighted by Gasteiger charge is 2.31. The Morgan fingerprint density at radius 1 is 1.07 bits per heavy atom. The van der Waals surface area contributed by atoms with Crippen molar-refractivity contribution in [1.29, 1.82) is 0 Å². The lowest BCUT2D eigenvalue weighted by Crippen LogP contribution is -2.41. The van der Waals surface area contributed by atoms with Crippen LogP contribution in [-0.2, 0) is 31.1 Å². The van der Waals surface area contributed by atoms with Gasteiger partial charge < -0.3 is 9.47 Å². The van der Waals surface area contributed by atoms with Crippen molar-refractivity contribution in [1.82, 2.24) is 14.1 Å². The number of aryl methyl sites for hydroxylation is 2. The summed E-state index contributed by atoms with van der Waals surface area (Å²) in [7, 11) is -6.84. The van der Waals surface area contributed by atoms with E-state index in [4.69, 9.17) is 9.47 Å². The maximum atomic E-state index is 13.0. The van der Waals surface area contributed by atoms with Crippen LogP contribution in [0.25, 0.3) is 0 Å². The molecule has 0 saturated carbocycles. The number of sulfonamides is 1. The summed E-state index contributed by atoms with van der Waals surface area (Å²) in [4.78, 5) is 0.508. The molecule has 0 amide bonds. The Balaban J connectivity index is 1.61. The summed E-state index contributed by atoms with van der Waals surface area (Å²) in [6.07, 6.45) is 1.78. The monoisotopic (exact) mass is 457 g/mol. The molecule has 11 heteroatoms. The summed E-state index contributed by atoms with van der Waals surface area (Å²) in [6, 6.07) is 6.25. The maximum Gasteiger partial charge on any atom is 0.246 e. The molecule has 0 unspecified atom stereocenters. The zero-order chi connectivity index (χ0) is 21.9. The molecule has 166 valence electrons. The highest BCUT2D eigenvalue weighted by molar-refractivity contribution is 7.90. The van der Waals surface area contributed by atoms with Crippen LogP contribution in [0.1, 0.15) is 17.8 Å². The topological polar surface area (TPSA) is 108 Å². The third kappa shape index (κ3) is 5.02. The second-order valence-corrected chi connectivity index (χ2v) is 11.1. The minimum Gasteiger partial charge on any atom is -0.494 e. The summed E-state index contributed by atoms with van der Waals surface area (Å²) in [5, 5.41) is 4.41. The van der Waals surface area contributed by atoms with Crippen molar-refractivity contribution in [2.75, 3.05) is 39.2 Å². The van der Waals surface area contributed by atoms with Crippen molar-refractivity contribution >= 4 is 19.9 Å². The molecular formula is C19H27N3O6S2. The number of sulfone groups is 1. The summed E-state index contributed by atoms with van der Waals surface area (Å²) in [6.45, 7) is 5.85. The van der Waals surface area contributed by atoms with E-state index >= 15 is 0 Å². The molecule has 1 aliphatic heterocycles. The van der Waals surface area contributed by atoms with Gasteiger partial charge in [0.1, 0.15) is 10.6 Å². The summed E-state index contributed by atoms with van der Waals surface area (Å²) < 4.78 is 63.0. The molecule has 1 aromatic carbocycles. The van der Waals surface area contributed by atoms with Gasteiger partial charge in [0.25, 0.3) is 0 Å². The molecule has 0 spiro atoms. The average molecular weight is 458 g/mol. The van der Waals surface area contributed by atoms with Crippen molar-refractivity contribution in [3.8, 4) is 5.75 Å². The first-order chi connectivity index (χ1) is 14.1. The molecule has 0 atom stereocenters. The van der Waals surface area contributed by atoms with E-state index in [2.05, 4.69) is 5.10 Å². The largest absolute Gasteiger partial charge is 0.494 e. The molecule has 3 rings (SSSR count). The molecule has 1 saturated heterocycles. The predicted molar refractivity (Wildman–Crippen MR) is 111 cm³/mol. The lowest BCUT2D eigenvalue weighted by Gasteiger charge is -2.26. The average Bonchev–Trinajstić information content (AvgIpc) is 2.99. The van der Waals surface area contributed by atoms with Crippen molar-refractivity contribution in [2.24, 2.45) is 0 Å². The normalized spacial score (nSPS) is 16.0. The van der Waals surface area contributed by atoms with Crippen molar-refractivity contribution in [2.45, 2.75) is 36.6 Å². The smallest absolute Gasteiger partial charge is 0.246 e. The molecule has 0 aliphatic carbocycles. The van der Waals surface area contributed by atoms with Crippen LogP contribution >= 0.6 is 0 Å². The van der Waals surface area contributed by atoms with E-state index in [1.54, 1.807) is 30.7 Å². The van der Waals surface area contributed by atoms with E-state index in [1.165, 1.54) is 16.4 Å². The number of benzene rings is 1. The number of aromatic nitrogens is 2. The van der Waals surface area contributed by atoms with Gasteiger partial charge in [0.15, 0.2) is 9.84 Å². The number of hydrogen-bond acceptors (Lipinski definition) is 7. The van der Waals surface area contributed by atoms with E-state index in [-0.39, 0.29) is 9.79 Å². The van der Waals surface area contributed by atoms with Crippen molar-refractivity contribution in [3.05, 3.63) is 35.7 Å². The minimum atomic E-state index is -3.60. The van der Waals surface area contributed by atoms with Crippen LogP contribution in [0.2, 0.25) is 0 Å². The number of nitrogens with zero attached hydrogens (tertiary/aromatic N) is 3. The molecule has 2 heterocycles. The first kappa shape index (κ1) is 22.7. The fourth-order valence-corrected chi connectivity index (χ4v) is 5.79. The van der Waals surface area contributed by atoms with Gasteiger partial charge in [-0.25, -0.2) is 16.8 Å². The number of morpholine rings is 1. The van der Waals surface area contributed by atoms with Gasteiger partial charge in [0.2, 0.25) is 10.0 Å². The first-order valence-electron chi connectivity index (χ1n) is 9.65. The Labute approximate surface area is 177 Å². The van der Waals surface area contributed by atoms with E-state index in [0.717, 1.165) is 6.26 Å². The molecule has 0 bridgehead atoms. The highest BCUT2D eigenvalue weighted by atomic mass is 32.2. The third-order valence-electron chi connectivity index (χ3n) is 4.92. The van der Waals surface area contributed by atoms with E-state index < -0.39 is 19.9 Å². The van der Waals surface area contributed by atoms with Gasteiger partial charge in [-0.1, -0.05) is 0 Å². The maximum absolute atomic E-state index is 13.0. The van der Waals surface area contributed by atoms with E-state index in [9.17, 15) is 16.8 Å². The van der Waals surface area contributed by atoms with Gasteiger partial charge in [0, 0.05) is 32.3 Å². The molecule has 1 fully saturated rings. The molecule has 0 N–H and O–H groups in total. The van der Waals surface area contributed by atoms with Crippen LogP contribution in [-0.4, -0.2) is 70.1 Å². The SMILES string of the molecule is Cc1nn(CCCOc2ccc(S(C)(=O)=O)cc2)c(C)c1S(=O)(=O)N1CCOCC1. The Morgan fingerprint density at radius 2 is 1.70 bits per heavy atom. The standard InChI is InChI=1S/C19H27N3O6S2/c1-15-19(30(25,26)21-10-13-27-14-11-21)16(2)22(20-15)9-4-12-28-17-5-7-18(8-6-17)29(3,23)24/h5-8H,4,9-14H2,1-3H3. The van der Waals surface area contributed by atoms with Crippen molar-refractivity contribution < 1.29 is 26.3 Å². The van der Waals surface area contributed by atoms with Gasteiger partial charge in [-0.3, -0.25) is 4.68 Å². The molecular weight excluding hydrogens is 430 g/mol. The Bertz CT molecular complexity index is 1090. The second-order valence-electron chi connectivity index (χ2n) is 7.19. The number of ether oxygens (including phenoxy) is 2. The molecule has 2 aromatic rings. The lowest BCUT2D eigenvalue weighted by molar-refractivity contribution is 0.0730. The van der Waals surface area contributed by atoms with Crippen LogP contribution < -0.4 is 4.74 Å². The van der Waals surface area contributed by atoms with Gasteiger partial charge >= 0.3 is 0 Å². The summed E-state index contributed by atoms with van der Waals surface area (Å²) >= 11 is 0. The van der Waals surface area contributed by atoms with E-state index in [1.807, 2.05) is 0 Å². The quantitative estimate of drug-likeness (QED) is 0.551. The van der Waals surface area contributed by atoms with Crippen LogP contribution in [0.4, 0.5) is 0 Å². The van der Waals surface area contributed by atoms with Gasteiger partial charge in [-0.2, -0.15) is 9.40 Å². The van der Waals surface area contributed by atoms with Crippen molar-refractivity contribution in [3.63, 3.8) is 0 Å². The minimum absolute atomic E-state index is 0.242. The van der Waals surface area contributed by atoms with Crippen LogP contribution in [0.3, 0.4) is 0 Å². The van der Waals surface area contributed by atoms with Gasteiger partial charge in [-0.15, -0.1) is 0 Å². The zero-order valence-corrected chi connectivity index (χ0v) is 19.0. The predicted octanol–water partition coefficient (Wildman–Crippen LogP) is 1.39. The molecule has 1 aromatic heterocycles. The number of hydrogen-bond donors (Lipinski definition) is 0. The fraction of sp³-hybridized carbons (Fsp3) is 0.526. The second kappa shape index (κ2) is 9.04. The molecule has 9 nitrogen and oxygen atoms in total. The Hall–Kier alpha value is -1.95. The van der Waals surface area contributed by atoms with Crippen LogP contribution in [0.15, 0.2) is 34.1 Å². The van der Waals surface area contributed by atoms with Crippen LogP contribution in [0, 0.1) is 13.8 Å². The Kier molecular flexibility index (Phi) is 6.85. The lowest BCUT2D eigenvalue weighted by atomic mass is 10.3. The van der Waals surface area contributed by atoms with Crippen LogP contribution in [0.5, 0.6) is 5.75 Å². The van der Waals surface area contributed by atoms with Gasteiger partial charge in [-0.05, 0) is 38.1 Å². The van der Waals surface area contributed by atoms with E-state index in [0.29, 0.717) is 63.0 Å². The highest BCUT2D eigenvalue weighted by Crippen LogP contribution is 2.24. The zero-order valence-electron chi connectivity index (χ0n) is 17.4. The summed E-state index contributed by atoms with van der Waals surface area (Å²) in [5.41, 5.74) is 1.09. The summed E-state index contributed by atoms with van der Waals surface area (Å²) in [5.74, 6) is 0.575. The molecule has 1 aliphatic rings. The third-order valence-corrected chi connectivity index (χ3v) is 8.20.